The second kappa shape index (κ2) is 3.97. The summed E-state index contributed by atoms with van der Waals surface area (Å²) in [6, 6.07) is 12.0. The lowest BCUT2D eigenvalue weighted by Crippen LogP contribution is -1.94. The van der Waals surface area contributed by atoms with Crippen molar-refractivity contribution in [3.8, 4) is 11.9 Å². The Morgan fingerprint density at radius 3 is 2.83 bits per heavy atom. The molecule has 0 saturated heterocycles. The van der Waals surface area contributed by atoms with Crippen molar-refractivity contribution in [1.82, 2.24) is 9.55 Å². The fraction of sp³-hybridized carbons (Fsp3) is 0. The van der Waals surface area contributed by atoms with E-state index in [9.17, 15) is 4.39 Å². The first kappa shape index (κ1) is 10.5. The highest BCUT2D eigenvalue weighted by Gasteiger charge is 2.10. The van der Waals surface area contributed by atoms with Crippen LogP contribution in [0.3, 0.4) is 0 Å². The number of fused-ring (bicyclic) bond motifs is 1. The molecule has 18 heavy (non-hydrogen) atoms. The minimum Gasteiger partial charge on any atom is -0.300 e. The van der Waals surface area contributed by atoms with E-state index in [4.69, 9.17) is 5.26 Å². The lowest BCUT2D eigenvalue weighted by Gasteiger charge is -2.03. The Labute approximate surface area is 103 Å². The highest BCUT2D eigenvalue weighted by Crippen LogP contribution is 2.24. The predicted molar refractivity (Wildman–Crippen MR) is 65.7 cm³/mol. The molecule has 0 N–H and O–H groups in total. The second-order valence-electron chi connectivity index (χ2n) is 3.87. The van der Waals surface area contributed by atoms with E-state index >= 15 is 0 Å². The molecule has 0 bridgehead atoms. The first-order chi connectivity index (χ1) is 8.79. The summed E-state index contributed by atoms with van der Waals surface area (Å²) in [4.78, 5) is 4.23. The van der Waals surface area contributed by atoms with Crippen LogP contribution in [0.1, 0.15) is 5.56 Å². The quantitative estimate of drug-likeness (QED) is 0.652. The van der Waals surface area contributed by atoms with Gasteiger partial charge in [-0.05, 0) is 30.3 Å². The second-order valence-corrected chi connectivity index (χ2v) is 3.87. The molecular formula is C14H8FN3. The van der Waals surface area contributed by atoms with Gasteiger partial charge in [0.05, 0.1) is 11.1 Å². The van der Waals surface area contributed by atoms with Crippen molar-refractivity contribution in [2.45, 2.75) is 0 Å². The number of aromatic nitrogens is 2. The Kier molecular flexibility index (Phi) is 2.31. The highest BCUT2D eigenvalue weighted by molar-refractivity contribution is 5.87. The van der Waals surface area contributed by atoms with Crippen LogP contribution < -0.4 is 0 Å². The molecule has 86 valence electrons. The molecule has 0 aliphatic rings. The largest absolute Gasteiger partial charge is 0.300 e. The zero-order valence-electron chi connectivity index (χ0n) is 9.34. The SMILES string of the molecule is N#Cc1cn(-c2ccccn2)c2ccc(F)cc12. The maximum absolute atomic E-state index is 13.2. The lowest BCUT2D eigenvalue weighted by atomic mass is 10.2. The average Bonchev–Trinajstić information content (AvgIpc) is 2.77. The molecule has 3 rings (SSSR count). The van der Waals surface area contributed by atoms with E-state index in [0.29, 0.717) is 16.8 Å². The zero-order valence-corrected chi connectivity index (χ0v) is 9.34. The molecular weight excluding hydrogens is 229 g/mol. The van der Waals surface area contributed by atoms with E-state index in [1.54, 1.807) is 23.0 Å². The van der Waals surface area contributed by atoms with Gasteiger partial charge >= 0.3 is 0 Å². The van der Waals surface area contributed by atoms with Crippen LogP contribution >= 0.6 is 0 Å². The third-order valence-corrected chi connectivity index (χ3v) is 2.78. The van der Waals surface area contributed by atoms with Gasteiger partial charge in [-0.1, -0.05) is 6.07 Å². The summed E-state index contributed by atoms with van der Waals surface area (Å²) < 4.78 is 15.0. The normalized spacial score (nSPS) is 10.4. The molecule has 2 heterocycles. The third-order valence-electron chi connectivity index (χ3n) is 2.78. The van der Waals surface area contributed by atoms with E-state index in [1.165, 1.54) is 12.1 Å². The van der Waals surface area contributed by atoms with Gasteiger partial charge in [0.15, 0.2) is 0 Å². The van der Waals surface area contributed by atoms with Crippen LogP contribution in [0.15, 0.2) is 48.8 Å². The standard InChI is InChI=1S/C14H8FN3/c15-11-4-5-13-12(7-11)10(8-16)9-18(13)14-3-1-2-6-17-14/h1-7,9H. The van der Waals surface area contributed by atoms with Gasteiger partial charge in [-0.2, -0.15) is 5.26 Å². The molecule has 0 aliphatic carbocycles. The molecule has 0 radical (unpaired) electrons. The number of halogens is 1. The van der Waals surface area contributed by atoms with E-state index < -0.39 is 0 Å². The van der Waals surface area contributed by atoms with E-state index in [1.807, 2.05) is 18.2 Å². The number of hydrogen-bond acceptors (Lipinski definition) is 2. The number of benzene rings is 1. The summed E-state index contributed by atoms with van der Waals surface area (Å²) in [7, 11) is 0. The monoisotopic (exact) mass is 237 g/mol. The number of rotatable bonds is 1. The van der Waals surface area contributed by atoms with Crippen LogP contribution in [0.5, 0.6) is 0 Å². The molecule has 0 unspecified atom stereocenters. The van der Waals surface area contributed by atoms with Crippen molar-refractivity contribution in [2.75, 3.05) is 0 Å². The minimum absolute atomic E-state index is 0.349. The van der Waals surface area contributed by atoms with Gasteiger partial charge in [-0.15, -0.1) is 0 Å². The smallest absolute Gasteiger partial charge is 0.137 e. The van der Waals surface area contributed by atoms with Gasteiger partial charge in [0.2, 0.25) is 0 Å². The van der Waals surface area contributed by atoms with Crippen LogP contribution in [0.2, 0.25) is 0 Å². The van der Waals surface area contributed by atoms with Crippen molar-refractivity contribution in [3.63, 3.8) is 0 Å². The molecule has 3 aromatic rings. The summed E-state index contributed by atoms with van der Waals surface area (Å²) >= 11 is 0. The Balaban J connectivity index is 2.35. The minimum atomic E-state index is -0.349. The average molecular weight is 237 g/mol. The molecule has 0 fully saturated rings. The van der Waals surface area contributed by atoms with E-state index in [0.717, 1.165) is 5.52 Å². The maximum atomic E-state index is 13.2. The van der Waals surface area contributed by atoms with Crippen molar-refractivity contribution >= 4 is 10.9 Å². The fourth-order valence-corrected chi connectivity index (χ4v) is 1.98. The molecule has 2 aromatic heterocycles. The predicted octanol–water partition coefficient (Wildman–Crippen LogP) is 3.04. The van der Waals surface area contributed by atoms with Gasteiger partial charge in [-0.3, -0.25) is 4.57 Å². The summed E-state index contributed by atoms with van der Waals surface area (Å²) in [5.41, 5.74) is 1.21. The van der Waals surface area contributed by atoms with E-state index in [2.05, 4.69) is 11.1 Å². The first-order valence-corrected chi connectivity index (χ1v) is 5.42. The number of pyridine rings is 1. The number of nitriles is 1. The lowest BCUT2D eigenvalue weighted by molar-refractivity contribution is 0.629. The Morgan fingerprint density at radius 2 is 2.11 bits per heavy atom. The molecule has 0 spiro atoms. The molecule has 0 atom stereocenters. The van der Waals surface area contributed by atoms with Gasteiger partial charge in [0.25, 0.3) is 0 Å². The van der Waals surface area contributed by atoms with Crippen LogP contribution in [0, 0.1) is 17.1 Å². The first-order valence-electron chi connectivity index (χ1n) is 5.42. The van der Waals surface area contributed by atoms with E-state index in [-0.39, 0.29) is 5.82 Å². The summed E-state index contributed by atoms with van der Waals surface area (Å²) in [5.74, 6) is 0.355. The Hall–Kier alpha value is -2.67. The van der Waals surface area contributed by atoms with Gasteiger partial charge < -0.3 is 0 Å². The molecule has 0 aliphatic heterocycles. The summed E-state index contributed by atoms with van der Waals surface area (Å²) in [6.07, 6.45) is 3.35. The topological polar surface area (TPSA) is 41.6 Å². The summed E-state index contributed by atoms with van der Waals surface area (Å²) in [5, 5.41) is 9.68. The van der Waals surface area contributed by atoms with Gasteiger partial charge in [-0.25, -0.2) is 9.37 Å². The van der Waals surface area contributed by atoms with Crippen molar-refractivity contribution in [3.05, 3.63) is 60.2 Å². The molecule has 0 saturated carbocycles. The maximum Gasteiger partial charge on any atom is 0.137 e. The Morgan fingerprint density at radius 1 is 1.22 bits per heavy atom. The van der Waals surface area contributed by atoms with Gasteiger partial charge in [0.1, 0.15) is 17.7 Å². The molecule has 3 nitrogen and oxygen atoms in total. The third kappa shape index (κ3) is 1.54. The van der Waals surface area contributed by atoms with Crippen LogP contribution in [-0.4, -0.2) is 9.55 Å². The van der Waals surface area contributed by atoms with Crippen LogP contribution in [-0.2, 0) is 0 Å². The van der Waals surface area contributed by atoms with Crippen molar-refractivity contribution in [1.29, 1.82) is 5.26 Å². The Bertz CT molecular complexity index is 754. The van der Waals surface area contributed by atoms with Gasteiger partial charge in [0, 0.05) is 17.8 Å². The summed E-state index contributed by atoms with van der Waals surface area (Å²) in [6.45, 7) is 0. The number of nitrogens with zero attached hydrogens (tertiary/aromatic N) is 3. The van der Waals surface area contributed by atoms with Crippen LogP contribution in [0.4, 0.5) is 4.39 Å². The molecule has 4 heteroatoms. The molecule has 1 aromatic carbocycles. The number of hydrogen-bond donors (Lipinski definition) is 0. The van der Waals surface area contributed by atoms with Crippen molar-refractivity contribution < 1.29 is 4.39 Å². The fourth-order valence-electron chi connectivity index (χ4n) is 1.98. The zero-order chi connectivity index (χ0) is 12.5. The van der Waals surface area contributed by atoms with Crippen molar-refractivity contribution in [2.24, 2.45) is 0 Å². The highest BCUT2D eigenvalue weighted by atomic mass is 19.1. The van der Waals surface area contributed by atoms with Crippen LogP contribution in [0.25, 0.3) is 16.7 Å². The molecule has 0 amide bonds.